The Kier molecular flexibility index (Phi) is 4.60. The summed E-state index contributed by atoms with van der Waals surface area (Å²) in [5, 5.41) is 12.0. The maximum atomic E-state index is 12.7. The Bertz CT molecular complexity index is 404. The van der Waals surface area contributed by atoms with Crippen molar-refractivity contribution in [2.45, 2.75) is 30.7 Å². The number of hydrogen-bond acceptors (Lipinski definition) is 3. The lowest BCUT2D eigenvalue weighted by molar-refractivity contribution is -0.120. The van der Waals surface area contributed by atoms with E-state index in [0.717, 1.165) is 5.56 Å². The second-order valence-electron chi connectivity index (χ2n) is 4.51. The minimum absolute atomic E-state index is 0.000915. The van der Waals surface area contributed by atoms with Crippen LogP contribution in [0.5, 0.6) is 0 Å². The van der Waals surface area contributed by atoms with E-state index in [-0.39, 0.29) is 23.9 Å². The number of carbonyl (C=O) groups excluding carboxylic acids is 1. The maximum Gasteiger partial charge on any atom is 0.230 e. The van der Waals surface area contributed by atoms with Gasteiger partial charge in [0.2, 0.25) is 5.91 Å². The molecule has 1 aromatic rings. The zero-order valence-electron chi connectivity index (χ0n) is 9.93. The van der Waals surface area contributed by atoms with Crippen LogP contribution in [0.15, 0.2) is 24.3 Å². The van der Waals surface area contributed by atoms with Crippen molar-refractivity contribution in [3.05, 3.63) is 35.6 Å². The molecule has 1 fully saturated rings. The third kappa shape index (κ3) is 3.99. The zero-order valence-corrected chi connectivity index (χ0v) is 10.8. The maximum absolute atomic E-state index is 12.7. The summed E-state index contributed by atoms with van der Waals surface area (Å²) in [6.07, 6.45) is 1.07. The van der Waals surface area contributed by atoms with Crippen LogP contribution in [0, 0.1) is 5.82 Å². The number of rotatable bonds is 5. The van der Waals surface area contributed by atoms with E-state index in [2.05, 4.69) is 5.32 Å². The first-order valence-corrected chi connectivity index (χ1v) is 7.08. The molecule has 18 heavy (non-hydrogen) atoms. The largest absolute Gasteiger partial charge is 0.393 e. The smallest absolute Gasteiger partial charge is 0.230 e. The quantitative estimate of drug-likeness (QED) is 0.855. The van der Waals surface area contributed by atoms with Crippen molar-refractivity contribution < 1.29 is 14.3 Å². The molecule has 0 unspecified atom stereocenters. The van der Waals surface area contributed by atoms with Crippen LogP contribution in [0.4, 0.5) is 4.39 Å². The van der Waals surface area contributed by atoms with E-state index in [9.17, 15) is 9.18 Å². The number of benzene rings is 1. The number of aliphatic hydroxyl groups is 1. The summed E-state index contributed by atoms with van der Waals surface area (Å²) in [4.78, 5) is 11.5. The third-order valence-corrected chi connectivity index (χ3v) is 3.90. The van der Waals surface area contributed by atoms with Gasteiger partial charge in [-0.05, 0) is 30.5 Å². The molecule has 0 atom stereocenters. The Labute approximate surface area is 110 Å². The van der Waals surface area contributed by atoms with Gasteiger partial charge in [-0.3, -0.25) is 4.79 Å². The van der Waals surface area contributed by atoms with Gasteiger partial charge in [0.05, 0.1) is 11.9 Å². The van der Waals surface area contributed by atoms with E-state index in [1.54, 1.807) is 12.1 Å². The molecule has 1 aromatic carbocycles. The summed E-state index contributed by atoms with van der Waals surface area (Å²) >= 11 is 1.50. The molecule has 0 radical (unpaired) electrons. The monoisotopic (exact) mass is 269 g/mol. The molecule has 0 aliphatic heterocycles. The van der Waals surface area contributed by atoms with Crippen LogP contribution in [0.2, 0.25) is 0 Å². The van der Waals surface area contributed by atoms with Crippen molar-refractivity contribution in [2.75, 3.05) is 5.75 Å². The normalized spacial score (nSPS) is 22.3. The van der Waals surface area contributed by atoms with E-state index in [0.29, 0.717) is 24.3 Å². The predicted octanol–water partition coefficient (Wildman–Crippen LogP) is 1.70. The van der Waals surface area contributed by atoms with Gasteiger partial charge in [-0.25, -0.2) is 4.39 Å². The molecular weight excluding hydrogens is 253 g/mol. The van der Waals surface area contributed by atoms with Crippen LogP contribution in [0.3, 0.4) is 0 Å². The molecular formula is C13H16FNO2S. The number of nitrogens with one attached hydrogen (secondary N) is 1. The van der Waals surface area contributed by atoms with Gasteiger partial charge >= 0.3 is 0 Å². The Balaban J connectivity index is 1.62. The second-order valence-corrected chi connectivity index (χ2v) is 5.49. The first-order chi connectivity index (χ1) is 8.63. The SMILES string of the molecule is O=C(CSCc1ccc(F)cc1)NC1CC(O)C1. The summed E-state index contributed by atoms with van der Waals surface area (Å²) < 4.78 is 12.7. The highest BCUT2D eigenvalue weighted by Gasteiger charge is 2.28. The van der Waals surface area contributed by atoms with Gasteiger partial charge in [-0.15, -0.1) is 11.8 Å². The average Bonchev–Trinajstić information content (AvgIpc) is 2.30. The standard InChI is InChI=1S/C13H16FNO2S/c14-10-3-1-9(2-4-10)7-18-8-13(17)15-11-5-12(16)6-11/h1-4,11-12,16H,5-8H2,(H,15,17). The molecule has 0 bridgehead atoms. The molecule has 2 rings (SSSR count). The van der Waals surface area contributed by atoms with Crippen LogP contribution in [-0.2, 0) is 10.5 Å². The molecule has 0 spiro atoms. The second kappa shape index (κ2) is 6.20. The van der Waals surface area contributed by atoms with Crippen LogP contribution in [0.25, 0.3) is 0 Å². The molecule has 2 N–H and O–H groups in total. The van der Waals surface area contributed by atoms with Crippen molar-refractivity contribution in [1.29, 1.82) is 0 Å². The molecule has 1 amide bonds. The lowest BCUT2D eigenvalue weighted by atomic mass is 9.89. The van der Waals surface area contributed by atoms with Gasteiger partial charge in [-0.2, -0.15) is 0 Å². The Hall–Kier alpha value is -1.07. The van der Waals surface area contributed by atoms with Crippen LogP contribution in [0.1, 0.15) is 18.4 Å². The van der Waals surface area contributed by atoms with E-state index in [4.69, 9.17) is 5.11 Å². The number of hydrogen-bond donors (Lipinski definition) is 2. The lowest BCUT2D eigenvalue weighted by Crippen LogP contribution is -2.47. The van der Waals surface area contributed by atoms with Gasteiger partial charge in [0, 0.05) is 11.8 Å². The molecule has 0 saturated heterocycles. The van der Waals surface area contributed by atoms with Gasteiger partial charge in [0.15, 0.2) is 0 Å². The minimum Gasteiger partial charge on any atom is -0.393 e. The number of carbonyl (C=O) groups is 1. The number of thioether (sulfide) groups is 1. The highest BCUT2D eigenvalue weighted by Crippen LogP contribution is 2.19. The summed E-state index contributed by atoms with van der Waals surface area (Å²) in [6, 6.07) is 6.43. The number of amides is 1. The summed E-state index contributed by atoms with van der Waals surface area (Å²) in [6.45, 7) is 0. The topological polar surface area (TPSA) is 49.3 Å². The van der Waals surface area contributed by atoms with Crippen LogP contribution in [-0.4, -0.2) is 28.9 Å². The molecule has 98 valence electrons. The molecule has 0 heterocycles. The molecule has 1 aliphatic carbocycles. The van der Waals surface area contributed by atoms with Crippen molar-refractivity contribution in [3.63, 3.8) is 0 Å². The van der Waals surface area contributed by atoms with Crippen LogP contribution < -0.4 is 5.32 Å². The zero-order chi connectivity index (χ0) is 13.0. The first kappa shape index (κ1) is 13.4. The van der Waals surface area contributed by atoms with E-state index in [1.165, 1.54) is 23.9 Å². The van der Waals surface area contributed by atoms with E-state index >= 15 is 0 Å². The van der Waals surface area contributed by atoms with Crippen molar-refractivity contribution in [1.82, 2.24) is 5.32 Å². The van der Waals surface area contributed by atoms with Gasteiger partial charge in [0.1, 0.15) is 5.82 Å². The fourth-order valence-electron chi connectivity index (χ4n) is 1.82. The van der Waals surface area contributed by atoms with Crippen molar-refractivity contribution in [2.24, 2.45) is 0 Å². The highest BCUT2D eigenvalue weighted by atomic mass is 32.2. The lowest BCUT2D eigenvalue weighted by Gasteiger charge is -2.31. The molecule has 0 aromatic heterocycles. The Morgan fingerprint density at radius 1 is 1.39 bits per heavy atom. The third-order valence-electron chi connectivity index (χ3n) is 2.89. The minimum atomic E-state index is -0.248. The van der Waals surface area contributed by atoms with Crippen molar-refractivity contribution >= 4 is 17.7 Å². The Morgan fingerprint density at radius 2 is 2.06 bits per heavy atom. The van der Waals surface area contributed by atoms with E-state index in [1.807, 2.05) is 0 Å². The van der Waals surface area contributed by atoms with Gasteiger partial charge < -0.3 is 10.4 Å². The number of halogens is 1. The summed E-state index contributed by atoms with van der Waals surface area (Å²) in [5.74, 6) is 0.842. The van der Waals surface area contributed by atoms with Crippen molar-refractivity contribution in [3.8, 4) is 0 Å². The molecule has 5 heteroatoms. The predicted molar refractivity (Wildman–Crippen MR) is 69.7 cm³/mol. The molecule has 1 aliphatic rings. The van der Waals surface area contributed by atoms with Crippen LogP contribution >= 0.6 is 11.8 Å². The highest BCUT2D eigenvalue weighted by molar-refractivity contribution is 7.99. The molecule has 1 saturated carbocycles. The van der Waals surface area contributed by atoms with Gasteiger partial charge in [-0.1, -0.05) is 12.1 Å². The molecule has 3 nitrogen and oxygen atoms in total. The van der Waals surface area contributed by atoms with E-state index < -0.39 is 0 Å². The summed E-state index contributed by atoms with van der Waals surface area (Å²) in [7, 11) is 0. The Morgan fingerprint density at radius 3 is 2.67 bits per heavy atom. The summed E-state index contributed by atoms with van der Waals surface area (Å²) in [5.41, 5.74) is 1.01. The van der Waals surface area contributed by atoms with Gasteiger partial charge in [0.25, 0.3) is 0 Å². The first-order valence-electron chi connectivity index (χ1n) is 5.93. The fourth-order valence-corrected chi connectivity index (χ4v) is 2.62. The fraction of sp³-hybridized carbons (Fsp3) is 0.462. The average molecular weight is 269 g/mol. The number of aliphatic hydroxyl groups excluding tert-OH is 1.